The van der Waals surface area contributed by atoms with Crippen LogP contribution in [-0.4, -0.2) is 49.0 Å². The van der Waals surface area contributed by atoms with E-state index >= 15 is 0 Å². The fraction of sp³-hybridized carbons (Fsp3) is 0.643. The van der Waals surface area contributed by atoms with Crippen LogP contribution >= 0.6 is 11.3 Å². The van der Waals surface area contributed by atoms with Crippen molar-refractivity contribution in [2.75, 3.05) is 32.6 Å². The Morgan fingerprint density at radius 3 is 3.05 bits per heavy atom. The molecular weight excluding hydrogens is 290 g/mol. The molecule has 0 aromatic carbocycles. The number of nitrogens with one attached hydrogen (secondary N) is 1. The van der Waals surface area contributed by atoms with E-state index in [0.717, 1.165) is 25.2 Å². The van der Waals surface area contributed by atoms with E-state index in [2.05, 4.69) is 19.9 Å². The number of aromatic nitrogens is 1. The van der Waals surface area contributed by atoms with E-state index in [9.17, 15) is 9.59 Å². The first-order chi connectivity index (χ1) is 10.1. The molecule has 1 aliphatic rings. The number of anilines is 1. The highest BCUT2D eigenvalue weighted by molar-refractivity contribution is 7.13. The molecule has 0 spiro atoms. The maximum absolute atomic E-state index is 12.1. The van der Waals surface area contributed by atoms with Crippen LogP contribution in [0.2, 0.25) is 0 Å². The number of methoxy groups -OCH3 is 1. The largest absolute Gasteiger partial charge is 0.469 e. The first-order valence-corrected chi connectivity index (χ1v) is 7.97. The van der Waals surface area contributed by atoms with Crippen LogP contribution in [0.5, 0.6) is 0 Å². The lowest BCUT2D eigenvalue weighted by molar-refractivity contribution is -0.140. The molecule has 7 heteroatoms. The molecule has 1 aliphatic heterocycles. The van der Waals surface area contributed by atoms with Crippen LogP contribution in [0.3, 0.4) is 0 Å². The van der Waals surface area contributed by atoms with E-state index in [1.54, 1.807) is 0 Å². The number of ether oxygens (including phenoxy) is 1. The Labute approximate surface area is 128 Å². The van der Waals surface area contributed by atoms with Gasteiger partial charge in [-0.1, -0.05) is 0 Å². The number of carbonyl (C=O) groups excluding carboxylic acids is 2. The van der Waals surface area contributed by atoms with Crippen molar-refractivity contribution in [3.8, 4) is 0 Å². The van der Waals surface area contributed by atoms with Crippen molar-refractivity contribution in [2.45, 2.75) is 25.7 Å². The summed E-state index contributed by atoms with van der Waals surface area (Å²) in [6.45, 7) is 1.78. The monoisotopic (exact) mass is 311 g/mol. The lowest BCUT2D eigenvalue weighted by Gasteiger charge is -2.09. The maximum atomic E-state index is 12.1. The molecule has 1 N–H and O–H groups in total. The van der Waals surface area contributed by atoms with Gasteiger partial charge in [0.15, 0.2) is 5.13 Å². The summed E-state index contributed by atoms with van der Waals surface area (Å²) in [4.78, 5) is 29.6. The number of rotatable bonds is 6. The number of likely N-dealkylation sites (tertiary alicyclic amines) is 1. The lowest BCUT2D eigenvalue weighted by Crippen LogP contribution is -2.25. The van der Waals surface area contributed by atoms with Gasteiger partial charge in [0.25, 0.3) is 0 Å². The smallest absolute Gasteiger partial charge is 0.305 e. The Morgan fingerprint density at radius 2 is 2.38 bits per heavy atom. The molecule has 1 aromatic rings. The number of nitrogens with zero attached hydrogens (tertiary/aromatic N) is 2. The Morgan fingerprint density at radius 1 is 1.57 bits per heavy atom. The normalized spacial score (nSPS) is 18.7. The number of aryl methyl sites for hydroxylation is 1. The number of carbonyl (C=O) groups is 2. The van der Waals surface area contributed by atoms with Gasteiger partial charge in [-0.3, -0.25) is 9.59 Å². The second kappa shape index (κ2) is 7.51. The third kappa shape index (κ3) is 4.78. The van der Waals surface area contributed by atoms with E-state index < -0.39 is 0 Å². The molecule has 1 unspecified atom stereocenters. The summed E-state index contributed by atoms with van der Waals surface area (Å²) in [5, 5.41) is 5.45. The predicted molar refractivity (Wildman–Crippen MR) is 81.3 cm³/mol. The molecule has 0 aliphatic carbocycles. The number of thiazole rings is 1. The molecule has 1 fully saturated rings. The van der Waals surface area contributed by atoms with Gasteiger partial charge < -0.3 is 15.0 Å². The molecule has 21 heavy (non-hydrogen) atoms. The molecule has 0 bridgehead atoms. The lowest BCUT2D eigenvalue weighted by atomic mass is 10.1. The number of esters is 1. The quantitative estimate of drug-likeness (QED) is 0.807. The van der Waals surface area contributed by atoms with Gasteiger partial charge in [-0.25, -0.2) is 4.98 Å². The van der Waals surface area contributed by atoms with Gasteiger partial charge in [0, 0.05) is 18.3 Å². The molecule has 2 heterocycles. The topological polar surface area (TPSA) is 71.5 Å². The number of hydrogen-bond acceptors (Lipinski definition) is 6. The molecule has 116 valence electrons. The Kier molecular flexibility index (Phi) is 5.69. The fourth-order valence-electron chi connectivity index (χ4n) is 2.35. The van der Waals surface area contributed by atoms with E-state index in [1.165, 1.54) is 18.4 Å². The Balaban J connectivity index is 1.77. The van der Waals surface area contributed by atoms with Crippen LogP contribution in [0, 0.1) is 5.92 Å². The van der Waals surface area contributed by atoms with Gasteiger partial charge in [0.2, 0.25) is 5.91 Å². The van der Waals surface area contributed by atoms with Crippen LogP contribution in [0.25, 0.3) is 0 Å². The van der Waals surface area contributed by atoms with E-state index in [-0.39, 0.29) is 17.8 Å². The van der Waals surface area contributed by atoms with Gasteiger partial charge in [-0.15, -0.1) is 11.3 Å². The van der Waals surface area contributed by atoms with Gasteiger partial charge >= 0.3 is 5.97 Å². The van der Waals surface area contributed by atoms with Crippen molar-refractivity contribution in [1.29, 1.82) is 0 Å². The van der Waals surface area contributed by atoms with Crippen LogP contribution in [0.15, 0.2) is 5.38 Å². The van der Waals surface area contributed by atoms with Crippen LogP contribution in [-0.2, 0) is 20.7 Å². The van der Waals surface area contributed by atoms with Gasteiger partial charge in [0.1, 0.15) is 0 Å². The average molecular weight is 311 g/mol. The van der Waals surface area contributed by atoms with Crippen molar-refractivity contribution >= 4 is 28.3 Å². The zero-order chi connectivity index (χ0) is 15.2. The summed E-state index contributed by atoms with van der Waals surface area (Å²) in [5.74, 6) is -0.0967. The molecule has 0 radical (unpaired) electrons. The third-order valence-corrected chi connectivity index (χ3v) is 4.39. The zero-order valence-corrected chi connectivity index (χ0v) is 13.2. The van der Waals surface area contributed by atoms with Crippen molar-refractivity contribution < 1.29 is 14.3 Å². The Bertz CT molecular complexity index is 503. The van der Waals surface area contributed by atoms with Gasteiger partial charge in [-0.05, 0) is 32.9 Å². The van der Waals surface area contributed by atoms with Crippen molar-refractivity contribution in [3.05, 3.63) is 11.1 Å². The second-order valence-electron chi connectivity index (χ2n) is 5.31. The number of hydrogen-bond donors (Lipinski definition) is 1. The van der Waals surface area contributed by atoms with Gasteiger partial charge in [-0.2, -0.15) is 0 Å². The third-order valence-electron chi connectivity index (χ3n) is 3.59. The van der Waals surface area contributed by atoms with Crippen LogP contribution in [0.4, 0.5) is 5.13 Å². The highest BCUT2D eigenvalue weighted by Crippen LogP contribution is 2.20. The molecule has 6 nitrogen and oxygen atoms in total. The van der Waals surface area contributed by atoms with E-state index in [0.29, 0.717) is 24.4 Å². The zero-order valence-electron chi connectivity index (χ0n) is 12.4. The summed E-state index contributed by atoms with van der Waals surface area (Å²) < 4.78 is 4.59. The minimum absolute atomic E-state index is 0.0508. The fourth-order valence-corrected chi connectivity index (χ4v) is 3.10. The minimum Gasteiger partial charge on any atom is -0.469 e. The number of amides is 1. The first-order valence-electron chi connectivity index (χ1n) is 7.09. The summed E-state index contributed by atoms with van der Waals surface area (Å²) in [6, 6.07) is 0. The SMILES string of the molecule is COC(=O)CCCc1csc(NC(=O)C2CCN(C)C2)n1. The summed E-state index contributed by atoms with van der Waals surface area (Å²) >= 11 is 1.43. The molecule has 2 rings (SSSR count). The van der Waals surface area contributed by atoms with Crippen molar-refractivity contribution in [2.24, 2.45) is 5.92 Å². The first kappa shape index (κ1) is 15.9. The molecule has 1 amide bonds. The predicted octanol–water partition coefficient (Wildman–Crippen LogP) is 1.53. The van der Waals surface area contributed by atoms with Crippen molar-refractivity contribution in [1.82, 2.24) is 9.88 Å². The summed E-state index contributed by atoms with van der Waals surface area (Å²) in [5.41, 5.74) is 0.905. The summed E-state index contributed by atoms with van der Waals surface area (Å²) in [6.07, 6.45) is 2.72. The van der Waals surface area contributed by atoms with Crippen LogP contribution < -0.4 is 5.32 Å². The van der Waals surface area contributed by atoms with Gasteiger partial charge in [0.05, 0.1) is 18.7 Å². The second-order valence-corrected chi connectivity index (χ2v) is 6.17. The minimum atomic E-state index is -0.205. The van der Waals surface area contributed by atoms with Crippen molar-refractivity contribution in [3.63, 3.8) is 0 Å². The highest BCUT2D eigenvalue weighted by atomic mass is 32.1. The average Bonchev–Trinajstić information content (AvgIpc) is 3.08. The molecule has 1 atom stereocenters. The molecule has 0 saturated carbocycles. The molecule has 1 saturated heterocycles. The standard InChI is InChI=1S/C14H21N3O3S/c1-17-7-6-10(8-17)13(19)16-14-15-11(9-21-14)4-3-5-12(18)20-2/h9-10H,3-8H2,1-2H3,(H,15,16,19). The molecular formula is C14H21N3O3S. The van der Waals surface area contributed by atoms with E-state index in [1.807, 2.05) is 12.4 Å². The maximum Gasteiger partial charge on any atom is 0.305 e. The van der Waals surface area contributed by atoms with Crippen LogP contribution in [0.1, 0.15) is 25.0 Å². The highest BCUT2D eigenvalue weighted by Gasteiger charge is 2.26. The summed E-state index contributed by atoms with van der Waals surface area (Å²) in [7, 11) is 3.41. The Hall–Kier alpha value is -1.47. The molecule has 1 aromatic heterocycles. The van der Waals surface area contributed by atoms with E-state index in [4.69, 9.17) is 0 Å².